The van der Waals surface area contributed by atoms with E-state index in [1.54, 1.807) is 43.3 Å². The number of ether oxygens (including phenoxy) is 1. The summed E-state index contributed by atoms with van der Waals surface area (Å²) in [6, 6.07) is 12.3. The quantitative estimate of drug-likeness (QED) is 0.279. The number of benzene rings is 1. The highest BCUT2D eigenvalue weighted by Crippen LogP contribution is 2.39. The number of ketones is 1. The lowest BCUT2D eigenvalue weighted by molar-refractivity contribution is 0.0526. The van der Waals surface area contributed by atoms with Crippen molar-refractivity contribution in [2.45, 2.75) is 38.8 Å². The molecule has 0 fully saturated rings. The van der Waals surface area contributed by atoms with Gasteiger partial charge in [-0.05, 0) is 61.7 Å². The summed E-state index contributed by atoms with van der Waals surface area (Å²) in [5.74, 6) is -1.02. The Hall–Kier alpha value is -2.97. The van der Waals surface area contributed by atoms with Crippen LogP contribution >= 0.6 is 22.7 Å². The van der Waals surface area contributed by atoms with Crippen LogP contribution in [0, 0.1) is 0 Å². The predicted molar refractivity (Wildman–Crippen MR) is 127 cm³/mol. The van der Waals surface area contributed by atoms with E-state index >= 15 is 0 Å². The van der Waals surface area contributed by atoms with Gasteiger partial charge >= 0.3 is 5.97 Å². The smallest absolute Gasteiger partial charge is 0.341 e. The van der Waals surface area contributed by atoms with E-state index in [1.807, 2.05) is 11.4 Å². The van der Waals surface area contributed by atoms with Gasteiger partial charge in [-0.15, -0.1) is 22.7 Å². The molecule has 0 aliphatic heterocycles. The molecule has 0 bridgehead atoms. The highest BCUT2D eigenvalue weighted by Gasteiger charge is 2.30. The van der Waals surface area contributed by atoms with Crippen molar-refractivity contribution in [3.8, 4) is 0 Å². The third-order valence-electron chi connectivity index (χ3n) is 5.26. The van der Waals surface area contributed by atoms with Crippen molar-refractivity contribution in [1.29, 1.82) is 0 Å². The zero-order chi connectivity index (χ0) is 22.5. The van der Waals surface area contributed by atoms with Crippen molar-refractivity contribution in [3.05, 3.63) is 74.3 Å². The van der Waals surface area contributed by atoms with Crippen LogP contribution in [-0.4, -0.2) is 30.4 Å². The van der Waals surface area contributed by atoms with Gasteiger partial charge < -0.3 is 15.4 Å². The van der Waals surface area contributed by atoms with Crippen LogP contribution in [0.4, 0.5) is 5.00 Å². The number of amides is 1. The molecule has 6 nitrogen and oxygen atoms in total. The Morgan fingerprint density at radius 1 is 1.06 bits per heavy atom. The number of carbonyl (C=O) groups is 3. The maximum absolute atomic E-state index is 13.2. The van der Waals surface area contributed by atoms with Crippen LogP contribution in [0.2, 0.25) is 0 Å². The topological polar surface area (TPSA) is 84.5 Å². The Morgan fingerprint density at radius 2 is 1.84 bits per heavy atom. The third-order valence-corrected chi connectivity index (χ3v) is 7.37. The molecule has 0 saturated heterocycles. The molecule has 1 amide bonds. The number of hydrogen-bond acceptors (Lipinski definition) is 7. The molecule has 0 spiro atoms. The van der Waals surface area contributed by atoms with E-state index in [1.165, 1.54) is 22.7 Å². The molecule has 1 atom stereocenters. The minimum absolute atomic E-state index is 0.259. The van der Waals surface area contributed by atoms with Crippen molar-refractivity contribution in [2.24, 2.45) is 0 Å². The fraction of sp³-hybridized carbons (Fsp3) is 0.292. The molecule has 32 heavy (non-hydrogen) atoms. The summed E-state index contributed by atoms with van der Waals surface area (Å²) in [5, 5.41) is 8.37. The molecule has 1 aliphatic rings. The number of aryl methyl sites for hydroxylation is 1. The molecule has 2 heterocycles. The number of esters is 1. The summed E-state index contributed by atoms with van der Waals surface area (Å²) < 4.78 is 5.32. The molecule has 2 aromatic heterocycles. The second kappa shape index (κ2) is 10.1. The standard InChI is InChI=1S/C24H24N2O4S2/c1-2-30-24(29)19-16-11-6-7-12-17(16)32-23(19)26-21(20(27)18-13-8-14-31-18)25-22(28)15-9-4-3-5-10-15/h3-5,8-10,13-14,21,26H,2,6-7,11-12H2,1H3,(H,25,28). The van der Waals surface area contributed by atoms with E-state index in [2.05, 4.69) is 10.6 Å². The number of nitrogens with one attached hydrogen (secondary N) is 2. The number of anilines is 1. The number of carbonyl (C=O) groups excluding carboxylic acids is 3. The second-order valence-corrected chi connectivity index (χ2v) is 9.45. The second-order valence-electron chi connectivity index (χ2n) is 7.39. The van der Waals surface area contributed by atoms with E-state index in [9.17, 15) is 14.4 Å². The van der Waals surface area contributed by atoms with Gasteiger partial charge in [0.05, 0.1) is 17.0 Å². The number of Topliss-reactive ketones (excluding diaryl/α,β-unsaturated/α-hetero) is 1. The van der Waals surface area contributed by atoms with Crippen LogP contribution in [0.5, 0.6) is 0 Å². The summed E-state index contributed by atoms with van der Waals surface area (Å²) in [6.07, 6.45) is 2.76. The van der Waals surface area contributed by atoms with Gasteiger partial charge in [-0.3, -0.25) is 9.59 Å². The highest BCUT2D eigenvalue weighted by molar-refractivity contribution is 7.16. The van der Waals surface area contributed by atoms with Crippen molar-refractivity contribution >= 4 is 45.3 Å². The van der Waals surface area contributed by atoms with Gasteiger partial charge in [0.1, 0.15) is 5.00 Å². The number of thiophene rings is 2. The molecule has 4 rings (SSSR count). The van der Waals surface area contributed by atoms with Crippen LogP contribution in [0.25, 0.3) is 0 Å². The molecule has 0 saturated carbocycles. The third kappa shape index (κ3) is 4.76. The fourth-order valence-corrected chi connectivity index (χ4v) is 5.75. The van der Waals surface area contributed by atoms with Crippen LogP contribution in [0.15, 0.2) is 47.8 Å². The minimum Gasteiger partial charge on any atom is -0.462 e. The predicted octanol–water partition coefficient (Wildman–Crippen LogP) is 4.92. The Balaban J connectivity index is 1.68. The van der Waals surface area contributed by atoms with Crippen molar-refractivity contribution in [2.75, 3.05) is 11.9 Å². The number of fused-ring (bicyclic) bond motifs is 1. The van der Waals surface area contributed by atoms with E-state index in [-0.39, 0.29) is 18.3 Å². The maximum Gasteiger partial charge on any atom is 0.341 e. The first-order valence-corrected chi connectivity index (χ1v) is 12.3. The molecule has 0 radical (unpaired) electrons. The maximum atomic E-state index is 13.2. The normalized spacial score (nSPS) is 13.7. The van der Waals surface area contributed by atoms with Gasteiger partial charge in [-0.25, -0.2) is 4.79 Å². The van der Waals surface area contributed by atoms with E-state index in [0.717, 1.165) is 36.1 Å². The van der Waals surface area contributed by atoms with Gasteiger partial charge in [0.15, 0.2) is 6.17 Å². The zero-order valence-electron chi connectivity index (χ0n) is 17.7. The van der Waals surface area contributed by atoms with Crippen LogP contribution in [0.1, 0.15) is 60.6 Å². The molecule has 2 N–H and O–H groups in total. The lowest BCUT2D eigenvalue weighted by Crippen LogP contribution is -2.46. The van der Waals surface area contributed by atoms with E-state index in [4.69, 9.17) is 4.74 Å². The average Bonchev–Trinajstić information content (AvgIpc) is 3.47. The Bertz CT molecular complexity index is 1110. The fourth-order valence-electron chi connectivity index (χ4n) is 3.75. The van der Waals surface area contributed by atoms with Crippen LogP contribution in [-0.2, 0) is 17.6 Å². The number of rotatable bonds is 8. The summed E-state index contributed by atoms with van der Waals surface area (Å²) in [6.45, 7) is 2.04. The summed E-state index contributed by atoms with van der Waals surface area (Å²) >= 11 is 2.78. The average molecular weight is 469 g/mol. The number of hydrogen-bond donors (Lipinski definition) is 2. The van der Waals surface area contributed by atoms with Crippen molar-refractivity contribution in [3.63, 3.8) is 0 Å². The molecule has 3 aromatic rings. The minimum atomic E-state index is -1.02. The SMILES string of the molecule is CCOC(=O)c1c(NC(NC(=O)c2ccccc2)C(=O)c2cccs2)sc2c1CCCC2. The molecule has 1 unspecified atom stereocenters. The molecular weight excluding hydrogens is 444 g/mol. The van der Waals surface area contributed by atoms with Gasteiger partial charge in [0.2, 0.25) is 5.78 Å². The van der Waals surface area contributed by atoms with E-state index in [0.29, 0.717) is 21.0 Å². The van der Waals surface area contributed by atoms with Gasteiger partial charge in [0.25, 0.3) is 5.91 Å². The van der Waals surface area contributed by atoms with Crippen LogP contribution in [0.3, 0.4) is 0 Å². The van der Waals surface area contributed by atoms with Crippen molar-refractivity contribution in [1.82, 2.24) is 5.32 Å². The summed E-state index contributed by atoms with van der Waals surface area (Å²) in [7, 11) is 0. The first kappa shape index (κ1) is 22.2. The van der Waals surface area contributed by atoms with Gasteiger partial charge in [-0.2, -0.15) is 0 Å². The van der Waals surface area contributed by atoms with Gasteiger partial charge in [0, 0.05) is 10.4 Å². The Labute approximate surface area is 194 Å². The molecule has 8 heteroatoms. The van der Waals surface area contributed by atoms with Crippen molar-refractivity contribution < 1.29 is 19.1 Å². The summed E-state index contributed by atoms with van der Waals surface area (Å²) in [4.78, 5) is 40.6. The first-order valence-electron chi connectivity index (χ1n) is 10.6. The monoisotopic (exact) mass is 468 g/mol. The largest absolute Gasteiger partial charge is 0.462 e. The van der Waals surface area contributed by atoms with Crippen LogP contribution < -0.4 is 10.6 Å². The molecule has 166 valence electrons. The lowest BCUT2D eigenvalue weighted by Gasteiger charge is -2.20. The highest BCUT2D eigenvalue weighted by atomic mass is 32.1. The molecule has 1 aromatic carbocycles. The Morgan fingerprint density at radius 3 is 2.56 bits per heavy atom. The van der Waals surface area contributed by atoms with E-state index < -0.39 is 12.1 Å². The molecular formula is C24H24N2O4S2. The zero-order valence-corrected chi connectivity index (χ0v) is 19.3. The summed E-state index contributed by atoms with van der Waals surface area (Å²) in [5.41, 5.74) is 1.94. The molecule has 1 aliphatic carbocycles. The lowest BCUT2D eigenvalue weighted by atomic mass is 9.95. The van der Waals surface area contributed by atoms with Gasteiger partial charge in [-0.1, -0.05) is 24.3 Å². The Kier molecular flexibility index (Phi) is 7.02. The first-order chi connectivity index (χ1) is 15.6.